The maximum Gasteiger partial charge on any atom is 0.190 e. The van der Waals surface area contributed by atoms with Gasteiger partial charge in [0.2, 0.25) is 0 Å². The van der Waals surface area contributed by atoms with Gasteiger partial charge in [-0.1, -0.05) is 36.4 Å². The number of hydrogen-bond donors (Lipinski definition) is 0. The number of carbonyl (C=O) groups excluding carboxylic acids is 2. The van der Waals surface area contributed by atoms with Gasteiger partial charge in [0.1, 0.15) is 11.5 Å². The molecule has 0 fully saturated rings. The third-order valence-corrected chi connectivity index (χ3v) is 3.65. The summed E-state index contributed by atoms with van der Waals surface area (Å²) in [6.45, 7) is 5.80. The van der Waals surface area contributed by atoms with Crippen LogP contribution >= 0.6 is 0 Å². The number of rotatable bonds is 9. The predicted octanol–water partition coefficient (Wildman–Crippen LogP) is 2.88. The van der Waals surface area contributed by atoms with Crippen LogP contribution in [0.4, 0.5) is 0 Å². The summed E-state index contributed by atoms with van der Waals surface area (Å²) in [5.74, 6) is -0.417. The summed E-state index contributed by atoms with van der Waals surface area (Å²) in [5.41, 5.74) is 3.09. The van der Waals surface area contributed by atoms with E-state index >= 15 is 0 Å². The lowest BCUT2D eigenvalue weighted by Gasteiger charge is -2.08. The molecule has 2 rings (SSSR count). The summed E-state index contributed by atoms with van der Waals surface area (Å²) in [5, 5.41) is 4.35. The molecule has 1 heterocycles. The van der Waals surface area contributed by atoms with Gasteiger partial charge in [0.05, 0.1) is 25.3 Å². The summed E-state index contributed by atoms with van der Waals surface area (Å²) >= 11 is 0. The highest BCUT2D eigenvalue weighted by Crippen LogP contribution is 2.21. The van der Waals surface area contributed by atoms with Crippen LogP contribution < -0.4 is 0 Å². The predicted molar refractivity (Wildman–Crippen MR) is 91.9 cm³/mol. The second-order valence-electron chi connectivity index (χ2n) is 5.67. The molecule has 0 spiro atoms. The molecule has 0 N–H and O–H groups in total. The Labute approximate surface area is 141 Å². The molecule has 24 heavy (non-hydrogen) atoms. The summed E-state index contributed by atoms with van der Waals surface area (Å²) in [7, 11) is 1.78. The molecular weight excluding hydrogens is 304 g/mol. The fourth-order valence-electron chi connectivity index (χ4n) is 2.54. The maximum atomic E-state index is 12.4. The first kappa shape index (κ1) is 17.8. The Bertz CT molecular complexity index is 733. The van der Waals surface area contributed by atoms with Crippen molar-refractivity contribution in [1.29, 1.82) is 0 Å². The average molecular weight is 326 g/mol. The molecule has 0 atom stereocenters. The fraction of sp³-hybridized carbons (Fsp3) is 0.316. The van der Waals surface area contributed by atoms with Gasteiger partial charge in [-0.25, -0.2) is 0 Å². The highest BCUT2D eigenvalue weighted by Gasteiger charge is 2.22. The van der Waals surface area contributed by atoms with Crippen molar-refractivity contribution in [2.24, 2.45) is 7.05 Å². The molecule has 0 amide bonds. The number of aromatic nitrogens is 2. The molecule has 0 aliphatic carbocycles. The number of carbonyl (C=O) groups is 2. The van der Waals surface area contributed by atoms with E-state index in [-0.39, 0.29) is 18.0 Å². The second-order valence-corrected chi connectivity index (χ2v) is 5.67. The van der Waals surface area contributed by atoms with Crippen LogP contribution in [0.5, 0.6) is 0 Å². The van der Waals surface area contributed by atoms with Gasteiger partial charge in [0.15, 0.2) is 5.78 Å². The zero-order valence-electron chi connectivity index (χ0n) is 14.1. The summed E-state index contributed by atoms with van der Waals surface area (Å²) < 4.78 is 7.21. The van der Waals surface area contributed by atoms with Crippen LogP contribution in [0.1, 0.15) is 40.7 Å². The number of aryl methyl sites for hydroxylation is 1. The van der Waals surface area contributed by atoms with Crippen molar-refractivity contribution in [3.63, 3.8) is 0 Å². The minimum Gasteiger partial charge on any atom is -0.371 e. The van der Waals surface area contributed by atoms with Gasteiger partial charge in [-0.3, -0.25) is 14.3 Å². The smallest absolute Gasteiger partial charge is 0.190 e. The number of hydrogen-bond acceptors (Lipinski definition) is 4. The highest BCUT2D eigenvalue weighted by atomic mass is 16.5. The van der Waals surface area contributed by atoms with E-state index in [1.165, 1.54) is 6.92 Å². The van der Waals surface area contributed by atoms with Gasteiger partial charge in [-0.15, -0.1) is 6.58 Å². The second kappa shape index (κ2) is 8.36. The molecule has 2 aromatic rings. The van der Waals surface area contributed by atoms with E-state index in [0.29, 0.717) is 25.3 Å². The zero-order valence-corrected chi connectivity index (χ0v) is 14.1. The van der Waals surface area contributed by atoms with Gasteiger partial charge in [-0.2, -0.15) is 5.10 Å². The van der Waals surface area contributed by atoms with Gasteiger partial charge in [-0.05, 0) is 12.5 Å². The molecule has 0 unspecified atom stereocenters. The Hall–Kier alpha value is -2.53. The minimum atomic E-state index is -0.251. The SMILES string of the molecule is C=CCOCc1c(Cc2ccccc2)c(C(=O)CC(C)=O)nn1C. The standard InChI is InChI=1S/C19H22N2O3/c1-4-10-24-13-17-16(12-15-8-6-5-7-9-15)19(20-21(17)3)18(23)11-14(2)22/h4-9H,1,10-13H2,2-3H3. The van der Waals surface area contributed by atoms with E-state index in [0.717, 1.165) is 16.8 Å². The van der Waals surface area contributed by atoms with E-state index in [9.17, 15) is 9.59 Å². The van der Waals surface area contributed by atoms with Crippen LogP contribution in [-0.4, -0.2) is 28.0 Å². The number of Topliss-reactive ketones (excluding diaryl/α,β-unsaturated/α-hetero) is 2. The molecule has 1 aromatic heterocycles. The van der Waals surface area contributed by atoms with Crippen LogP contribution in [0.2, 0.25) is 0 Å². The Kier molecular flexibility index (Phi) is 6.21. The van der Waals surface area contributed by atoms with Crippen molar-refractivity contribution < 1.29 is 14.3 Å². The lowest BCUT2D eigenvalue weighted by molar-refractivity contribution is -0.116. The van der Waals surface area contributed by atoms with E-state index in [4.69, 9.17) is 4.74 Å². The van der Waals surface area contributed by atoms with Crippen molar-refractivity contribution in [3.8, 4) is 0 Å². The summed E-state index contributed by atoms with van der Waals surface area (Å²) in [6, 6.07) is 9.86. The molecule has 0 bridgehead atoms. The van der Waals surface area contributed by atoms with Crippen molar-refractivity contribution in [3.05, 3.63) is 65.5 Å². The van der Waals surface area contributed by atoms with Crippen LogP contribution in [0.25, 0.3) is 0 Å². The van der Waals surface area contributed by atoms with Crippen molar-refractivity contribution in [1.82, 2.24) is 9.78 Å². The molecule has 0 aliphatic rings. The largest absolute Gasteiger partial charge is 0.371 e. The molecule has 0 saturated carbocycles. The Morgan fingerprint density at radius 3 is 2.62 bits per heavy atom. The lowest BCUT2D eigenvalue weighted by Crippen LogP contribution is -2.09. The number of ketones is 2. The summed E-state index contributed by atoms with van der Waals surface area (Å²) in [6.07, 6.45) is 2.11. The molecule has 0 saturated heterocycles. The number of ether oxygens (including phenoxy) is 1. The monoisotopic (exact) mass is 326 g/mol. The third-order valence-electron chi connectivity index (χ3n) is 3.65. The van der Waals surface area contributed by atoms with Gasteiger partial charge < -0.3 is 4.74 Å². The zero-order chi connectivity index (χ0) is 17.5. The Balaban J connectivity index is 2.38. The summed E-state index contributed by atoms with van der Waals surface area (Å²) in [4.78, 5) is 23.7. The van der Waals surface area contributed by atoms with Crippen molar-refractivity contribution in [2.75, 3.05) is 6.61 Å². The molecule has 0 radical (unpaired) electrons. The molecular formula is C19H22N2O3. The van der Waals surface area contributed by atoms with Gasteiger partial charge in [0.25, 0.3) is 0 Å². The average Bonchev–Trinajstić information content (AvgIpc) is 2.85. The number of nitrogens with zero attached hydrogens (tertiary/aromatic N) is 2. The van der Waals surface area contributed by atoms with Gasteiger partial charge in [0, 0.05) is 19.0 Å². The first-order valence-electron chi connectivity index (χ1n) is 7.82. The van der Waals surface area contributed by atoms with E-state index < -0.39 is 0 Å². The Morgan fingerprint density at radius 1 is 1.29 bits per heavy atom. The molecule has 5 nitrogen and oxygen atoms in total. The van der Waals surface area contributed by atoms with Crippen LogP contribution in [0.3, 0.4) is 0 Å². The van der Waals surface area contributed by atoms with E-state index in [1.54, 1.807) is 17.8 Å². The third kappa shape index (κ3) is 4.49. The Morgan fingerprint density at radius 2 is 2.00 bits per heavy atom. The van der Waals surface area contributed by atoms with Gasteiger partial charge >= 0.3 is 0 Å². The minimum absolute atomic E-state index is 0.133. The fourth-order valence-corrected chi connectivity index (χ4v) is 2.54. The quantitative estimate of drug-likeness (QED) is 0.308. The first-order valence-corrected chi connectivity index (χ1v) is 7.82. The van der Waals surface area contributed by atoms with Crippen LogP contribution in [0.15, 0.2) is 43.0 Å². The molecule has 5 heteroatoms. The molecule has 126 valence electrons. The van der Waals surface area contributed by atoms with E-state index in [2.05, 4.69) is 11.7 Å². The van der Waals surface area contributed by atoms with Crippen LogP contribution in [0, 0.1) is 0 Å². The van der Waals surface area contributed by atoms with E-state index in [1.807, 2.05) is 30.3 Å². The number of benzene rings is 1. The topological polar surface area (TPSA) is 61.2 Å². The maximum absolute atomic E-state index is 12.4. The lowest BCUT2D eigenvalue weighted by atomic mass is 9.99. The van der Waals surface area contributed by atoms with Crippen molar-refractivity contribution in [2.45, 2.75) is 26.4 Å². The van der Waals surface area contributed by atoms with Crippen molar-refractivity contribution >= 4 is 11.6 Å². The highest BCUT2D eigenvalue weighted by molar-refractivity contribution is 6.07. The normalized spacial score (nSPS) is 10.6. The van der Waals surface area contributed by atoms with Crippen LogP contribution in [-0.2, 0) is 29.6 Å². The first-order chi connectivity index (χ1) is 11.5. The molecule has 0 aliphatic heterocycles. The molecule has 1 aromatic carbocycles.